The Morgan fingerprint density at radius 1 is 0.312 bits per heavy atom. The van der Waals surface area contributed by atoms with Gasteiger partial charge in [0.05, 0.1) is 188 Å². The summed E-state index contributed by atoms with van der Waals surface area (Å²) in [5, 5.41) is -1.77. The highest BCUT2D eigenvalue weighted by atomic mass is 35.5. The van der Waals surface area contributed by atoms with Crippen LogP contribution in [0, 0.1) is 17.5 Å². The maximum absolute atomic E-state index is 13.5. The van der Waals surface area contributed by atoms with E-state index in [1.807, 2.05) is 34.9 Å². The summed E-state index contributed by atoms with van der Waals surface area (Å²) in [7, 11) is 0. The molecule has 1 unspecified atom stereocenters. The molecule has 0 saturated carbocycles. The molecule has 141 heavy (non-hydrogen) atoms. The zero-order valence-electron chi connectivity index (χ0n) is 72.8. The third kappa shape index (κ3) is 21.5. The summed E-state index contributed by atoms with van der Waals surface area (Å²) in [6, 6.07) is 34.8. The molecule has 0 aliphatic carbocycles. The normalized spacial score (nSPS) is 14.5. The summed E-state index contributed by atoms with van der Waals surface area (Å²) in [6.07, 6.45) is 0.819. The topological polar surface area (TPSA) is 255 Å². The molecule has 15 aromatic rings. The molecule has 0 spiro atoms. The van der Waals surface area contributed by atoms with Crippen molar-refractivity contribution in [1.82, 2.24) is 97.2 Å². The number of pyridine rings is 3. The monoisotopic (exact) mass is 2060 g/mol. The number of benzene rings is 6. The van der Waals surface area contributed by atoms with Crippen LogP contribution in [0.3, 0.4) is 0 Å². The molecule has 25 nitrogen and oxygen atoms in total. The second kappa shape index (κ2) is 41.4. The Labute approximate surface area is 820 Å². The molecule has 1 atom stereocenters. The first-order chi connectivity index (χ1) is 67.2. The lowest BCUT2D eigenvalue weighted by Gasteiger charge is -2.33. The van der Waals surface area contributed by atoms with Crippen LogP contribution < -0.4 is 0 Å². The van der Waals surface area contributed by atoms with Gasteiger partial charge in [0.25, 0.3) is 29.5 Å². The minimum Gasteiger partial charge on any atom is -0.332 e. The third-order valence-corrected chi connectivity index (χ3v) is 25.9. The van der Waals surface area contributed by atoms with Crippen molar-refractivity contribution >= 4 is 99.1 Å². The van der Waals surface area contributed by atoms with Crippen molar-refractivity contribution in [2.45, 2.75) is 96.0 Å². The molecular formula is C95H69Cl6F15N20O5. The summed E-state index contributed by atoms with van der Waals surface area (Å²) in [5.41, 5.74) is 3.39. The summed E-state index contributed by atoms with van der Waals surface area (Å²) in [6.45, 7) is 4.32. The van der Waals surface area contributed by atoms with Crippen molar-refractivity contribution in [2.75, 3.05) is 32.7 Å². The number of aromatic nitrogens is 15. The highest BCUT2D eigenvalue weighted by Crippen LogP contribution is 2.44. The van der Waals surface area contributed by atoms with Gasteiger partial charge in [-0.1, -0.05) is 112 Å². The van der Waals surface area contributed by atoms with Crippen LogP contribution in [-0.4, -0.2) is 159 Å². The maximum atomic E-state index is 13.5. The minimum atomic E-state index is -4.68. The first-order valence-electron chi connectivity index (χ1n) is 42.5. The predicted molar refractivity (Wildman–Crippen MR) is 486 cm³/mol. The van der Waals surface area contributed by atoms with Crippen LogP contribution in [0.25, 0.3) is 29.0 Å². The van der Waals surface area contributed by atoms with Gasteiger partial charge < -0.3 is 29.1 Å². The van der Waals surface area contributed by atoms with Gasteiger partial charge >= 0.3 is 24.7 Å². The van der Waals surface area contributed by atoms with Crippen LogP contribution in [0.1, 0.15) is 144 Å². The Morgan fingerprint density at radius 3 is 1.09 bits per heavy atom. The molecule has 0 bridgehead atoms. The first kappa shape index (κ1) is 99.9. The number of hydrogen-bond acceptors (Lipinski definition) is 15. The molecule has 9 aromatic heterocycles. The van der Waals surface area contributed by atoms with Crippen molar-refractivity contribution in [3.63, 3.8) is 0 Å². The van der Waals surface area contributed by atoms with E-state index < -0.39 is 114 Å². The molecule has 0 saturated heterocycles. The Hall–Kier alpha value is -14.1. The molecule has 5 amide bonds. The van der Waals surface area contributed by atoms with E-state index in [-0.39, 0.29) is 71.6 Å². The van der Waals surface area contributed by atoms with Crippen LogP contribution in [0.4, 0.5) is 65.9 Å². The molecule has 20 rings (SSSR count). The smallest absolute Gasteiger partial charge is 0.332 e. The molecule has 0 fully saturated rings. The Bertz CT molecular complexity index is 7040. The average molecular weight is 2070 g/mol. The molecule has 0 N–H and O–H groups in total. The van der Waals surface area contributed by atoms with Gasteiger partial charge in [-0.25, -0.2) is 58.0 Å². The second-order valence-electron chi connectivity index (χ2n) is 32.0. The van der Waals surface area contributed by atoms with E-state index in [0.29, 0.717) is 103 Å². The summed E-state index contributed by atoms with van der Waals surface area (Å²) in [5.74, 6) is -1.96. The zero-order chi connectivity index (χ0) is 100. The van der Waals surface area contributed by atoms with Crippen molar-refractivity contribution < 1.29 is 89.8 Å². The van der Waals surface area contributed by atoms with E-state index in [1.54, 1.807) is 93.6 Å². The zero-order valence-corrected chi connectivity index (χ0v) is 77.3. The molecule has 6 aromatic carbocycles. The number of amides is 5. The fraction of sp³-hybridized carbons (Fsp3) is 0.211. The van der Waals surface area contributed by atoms with E-state index >= 15 is 0 Å². The number of carbonyl (C=O) groups excluding carboxylic acids is 5. The van der Waals surface area contributed by atoms with E-state index in [1.165, 1.54) is 91.5 Å². The fourth-order valence-electron chi connectivity index (χ4n) is 16.5. The van der Waals surface area contributed by atoms with E-state index in [9.17, 15) is 89.8 Å². The molecule has 14 heterocycles. The standard InChI is InChI=1S/C20H13ClF5N3O.C20H15ClF4N4O.C19H14ClF3N4O.C18H14Cl2N4O.C18H13ClF3N5O/c21-18-14(2-1-3-15(18)20(24,25)26)19(30)28-5-4-17-16(9-28)27-10-29(17)13-7-11(22)6-12(23)8-13;1-11-18-15(29(10-27-18)16-6-5-12(22)9-26-16)7-8-28(11)19(30)13-3-2-4-14(17(13)21)20(23,24)25;20-17-12(4-3-5-13(17)19(21,22)23)18(28)26-9-7-14-15(10-26)27(11-25-14)16-6-1-2-8-24-16;19-13-5-3-4-12(17(13)20)18(25)23-9-7-14-15(10-23)24(11-22-14)16-6-1-2-8-21-16;19-16-11(2-1-3-12(16)18(20,21)22)17(28)26-7-4-13-14(9-26)27(10-25-13)15-8-23-5-6-24-15/h1-3,6-8,10H,4-5,9H2;2-6,9-11H,7-8H2,1H3;1-6,8,11H,7,9-10H2;1-6,8,11H,7,9-10H2;1-3,5-6,8,10H,4,7,9H2. The Morgan fingerprint density at radius 2 is 0.681 bits per heavy atom. The number of carbonyl (C=O) groups is 5. The number of halogens is 21. The van der Waals surface area contributed by atoms with Gasteiger partial charge in [0.2, 0.25) is 0 Å². The number of imidazole rings is 5. The number of hydrogen-bond donors (Lipinski definition) is 0. The SMILES string of the molecule is CC1c2ncn(-c3ccc(F)cn3)c2CCN1C(=O)c1cccc(C(F)(F)F)c1Cl.O=C(c1cccc(C(F)(F)F)c1Cl)N1CCc2c(ncn2-c2cc(F)cc(F)c2)C1.O=C(c1cccc(C(F)(F)F)c1Cl)N1CCc2ncn(-c3ccccn3)c2C1.O=C(c1cccc(C(F)(F)F)c1Cl)N1CCc2ncn(-c3cnccn3)c2C1.O=C(c1cccc(Cl)c1Cl)N1CCc2ncn(-c3ccccn3)c2C1. The first-order valence-corrected chi connectivity index (χ1v) is 44.8. The third-order valence-electron chi connectivity index (χ3n) is 23.4. The lowest BCUT2D eigenvalue weighted by atomic mass is 10.0. The Kier molecular flexibility index (Phi) is 29.3. The maximum Gasteiger partial charge on any atom is 0.417 e. The predicted octanol–water partition coefficient (Wildman–Crippen LogP) is 21.3. The van der Waals surface area contributed by atoms with Crippen LogP contribution in [0.15, 0.2) is 227 Å². The van der Waals surface area contributed by atoms with Crippen molar-refractivity contribution in [3.8, 4) is 29.0 Å². The molecule has 5 aliphatic heterocycles. The van der Waals surface area contributed by atoms with Crippen molar-refractivity contribution in [3.05, 3.63) is 381 Å². The lowest BCUT2D eigenvalue weighted by Crippen LogP contribution is -2.39. The van der Waals surface area contributed by atoms with E-state index in [4.69, 9.17) is 69.6 Å². The molecule has 46 heteroatoms. The quantitative estimate of drug-likeness (QED) is 0.115. The number of fused-ring (bicyclic) bond motifs is 5. The van der Waals surface area contributed by atoms with Crippen molar-refractivity contribution in [1.29, 1.82) is 0 Å². The fourth-order valence-corrected chi connectivity index (χ4v) is 18.1. The number of nitrogens with zero attached hydrogens (tertiary/aromatic N) is 20. The largest absolute Gasteiger partial charge is 0.417 e. The summed E-state index contributed by atoms with van der Waals surface area (Å²) in [4.78, 5) is 115. The van der Waals surface area contributed by atoms with Gasteiger partial charge in [-0.2, -0.15) is 52.7 Å². The van der Waals surface area contributed by atoms with E-state index in [0.717, 1.165) is 106 Å². The highest BCUT2D eigenvalue weighted by molar-refractivity contribution is 6.44. The molecule has 0 radical (unpaired) electrons. The molecule has 5 aliphatic rings. The molecule has 726 valence electrons. The lowest BCUT2D eigenvalue weighted by molar-refractivity contribution is -0.138. The van der Waals surface area contributed by atoms with Crippen LogP contribution in [0.2, 0.25) is 30.1 Å². The van der Waals surface area contributed by atoms with Gasteiger partial charge in [-0.3, -0.25) is 47.2 Å². The Balaban J connectivity index is 0.000000127. The molecular weight excluding hydrogens is 2000 g/mol. The van der Waals surface area contributed by atoms with Gasteiger partial charge in [0, 0.05) is 101 Å². The average Bonchev–Trinajstić information content (AvgIpc) is 1.65. The van der Waals surface area contributed by atoms with Crippen LogP contribution in [0.5, 0.6) is 0 Å². The van der Waals surface area contributed by atoms with Gasteiger partial charge in [0.1, 0.15) is 60.2 Å². The summed E-state index contributed by atoms with van der Waals surface area (Å²) < 4.78 is 206. The van der Waals surface area contributed by atoms with E-state index in [2.05, 4.69) is 49.8 Å². The van der Waals surface area contributed by atoms with Gasteiger partial charge in [-0.05, 0) is 116 Å². The summed E-state index contributed by atoms with van der Waals surface area (Å²) >= 11 is 35.9. The van der Waals surface area contributed by atoms with Crippen molar-refractivity contribution in [2.24, 2.45) is 0 Å². The van der Waals surface area contributed by atoms with Crippen LogP contribution in [-0.2, 0) is 83.0 Å². The minimum absolute atomic E-state index is 0.0333. The van der Waals surface area contributed by atoms with Gasteiger partial charge in [-0.15, -0.1) is 0 Å². The number of alkyl halides is 12. The van der Waals surface area contributed by atoms with Gasteiger partial charge in [0.15, 0.2) is 5.82 Å². The highest BCUT2D eigenvalue weighted by Gasteiger charge is 2.43. The van der Waals surface area contributed by atoms with Crippen LogP contribution >= 0.6 is 69.6 Å². The second-order valence-corrected chi connectivity index (χ2v) is 34.3. The number of rotatable bonds is 10.